The van der Waals surface area contributed by atoms with E-state index < -0.39 is 6.10 Å². The van der Waals surface area contributed by atoms with Gasteiger partial charge < -0.3 is 10.4 Å². The van der Waals surface area contributed by atoms with Gasteiger partial charge in [-0.3, -0.25) is 4.98 Å². The first-order chi connectivity index (χ1) is 9.56. The molecule has 0 aliphatic rings. The molecule has 0 aliphatic carbocycles. The summed E-state index contributed by atoms with van der Waals surface area (Å²) in [6.45, 7) is 4.33. The molecule has 2 atom stereocenters. The molecule has 2 N–H and O–H groups in total. The van der Waals surface area contributed by atoms with Gasteiger partial charge in [0.1, 0.15) is 5.82 Å². The van der Waals surface area contributed by atoms with Crippen molar-refractivity contribution < 1.29 is 9.50 Å². The van der Waals surface area contributed by atoms with Crippen molar-refractivity contribution in [2.45, 2.75) is 26.0 Å². The predicted molar refractivity (Wildman–Crippen MR) is 76.8 cm³/mol. The third-order valence-electron chi connectivity index (χ3n) is 3.31. The fourth-order valence-corrected chi connectivity index (χ4v) is 1.98. The molecule has 0 saturated heterocycles. The van der Waals surface area contributed by atoms with Gasteiger partial charge in [0.15, 0.2) is 0 Å². The molecule has 3 nitrogen and oxygen atoms in total. The molecule has 2 unspecified atom stereocenters. The zero-order valence-electron chi connectivity index (χ0n) is 11.7. The molecule has 0 fully saturated rings. The summed E-state index contributed by atoms with van der Waals surface area (Å²) in [7, 11) is 0. The smallest absolute Gasteiger partial charge is 0.141 e. The molecule has 106 valence electrons. The van der Waals surface area contributed by atoms with Crippen molar-refractivity contribution in [2.24, 2.45) is 0 Å². The van der Waals surface area contributed by atoms with Gasteiger partial charge in [0.25, 0.3) is 0 Å². The number of aryl methyl sites for hydroxylation is 1. The van der Waals surface area contributed by atoms with Gasteiger partial charge in [-0.15, -0.1) is 0 Å². The van der Waals surface area contributed by atoms with E-state index in [1.54, 1.807) is 6.20 Å². The quantitative estimate of drug-likeness (QED) is 0.881. The van der Waals surface area contributed by atoms with E-state index in [9.17, 15) is 9.50 Å². The average molecular weight is 274 g/mol. The Bertz CT molecular complexity index is 557. The van der Waals surface area contributed by atoms with E-state index in [-0.39, 0.29) is 11.9 Å². The van der Waals surface area contributed by atoms with E-state index in [0.717, 1.165) is 16.7 Å². The van der Waals surface area contributed by atoms with E-state index in [2.05, 4.69) is 10.3 Å². The summed E-state index contributed by atoms with van der Waals surface area (Å²) in [5.41, 5.74) is 2.79. The standard InChI is InChI=1S/C16H19FN2O/c1-11-3-5-13(6-4-11)16(20)10-19-12(2)14-7-15(17)9-18-8-14/h3-9,12,16,19-20H,10H2,1-2H3. The van der Waals surface area contributed by atoms with Crippen LogP contribution in [0.4, 0.5) is 4.39 Å². The molecule has 2 aromatic rings. The number of nitrogens with one attached hydrogen (secondary N) is 1. The van der Waals surface area contributed by atoms with Crippen LogP contribution >= 0.6 is 0 Å². The van der Waals surface area contributed by atoms with Gasteiger partial charge in [-0.1, -0.05) is 29.8 Å². The molecule has 0 aliphatic heterocycles. The van der Waals surface area contributed by atoms with Gasteiger partial charge >= 0.3 is 0 Å². The minimum Gasteiger partial charge on any atom is -0.387 e. The number of aliphatic hydroxyl groups excluding tert-OH is 1. The zero-order chi connectivity index (χ0) is 14.5. The first-order valence-electron chi connectivity index (χ1n) is 6.64. The Labute approximate surface area is 118 Å². The van der Waals surface area contributed by atoms with Crippen molar-refractivity contribution >= 4 is 0 Å². The van der Waals surface area contributed by atoms with Crippen LogP contribution in [-0.2, 0) is 0 Å². The summed E-state index contributed by atoms with van der Waals surface area (Å²) in [6.07, 6.45) is 2.22. The topological polar surface area (TPSA) is 45.1 Å². The SMILES string of the molecule is Cc1ccc(C(O)CNC(C)c2cncc(F)c2)cc1. The molecule has 1 heterocycles. The second-order valence-electron chi connectivity index (χ2n) is 4.99. The molecule has 1 aromatic heterocycles. The second kappa shape index (κ2) is 6.59. The minimum absolute atomic E-state index is 0.0710. The molecule has 0 saturated carbocycles. The largest absolute Gasteiger partial charge is 0.387 e. The van der Waals surface area contributed by atoms with Crippen LogP contribution in [0.1, 0.15) is 35.8 Å². The van der Waals surface area contributed by atoms with Crippen LogP contribution in [0, 0.1) is 12.7 Å². The molecule has 20 heavy (non-hydrogen) atoms. The maximum Gasteiger partial charge on any atom is 0.141 e. The van der Waals surface area contributed by atoms with Crippen molar-refractivity contribution in [3.05, 3.63) is 65.2 Å². The molecular formula is C16H19FN2O. The Morgan fingerprint density at radius 3 is 2.55 bits per heavy atom. The Kier molecular flexibility index (Phi) is 4.82. The van der Waals surface area contributed by atoms with Crippen molar-refractivity contribution in [3.8, 4) is 0 Å². The normalized spacial score (nSPS) is 14.0. The number of aromatic nitrogens is 1. The Balaban J connectivity index is 1.93. The molecule has 0 bridgehead atoms. The monoisotopic (exact) mass is 274 g/mol. The maximum atomic E-state index is 13.1. The lowest BCUT2D eigenvalue weighted by Gasteiger charge is -2.17. The summed E-state index contributed by atoms with van der Waals surface area (Å²) in [5.74, 6) is -0.352. The Hall–Kier alpha value is -1.78. The lowest BCUT2D eigenvalue weighted by Crippen LogP contribution is -2.24. The number of hydrogen-bond donors (Lipinski definition) is 2. The fraction of sp³-hybridized carbons (Fsp3) is 0.312. The van der Waals surface area contributed by atoms with Crippen molar-refractivity contribution in [1.29, 1.82) is 0 Å². The van der Waals surface area contributed by atoms with E-state index in [1.165, 1.54) is 12.3 Å². The van der Waals surface area contributed by atoms with Gasteiger partial charge in [-0.05, 0) is 31.0 Å². The first kappa shape index (κ1) is 14.6. The van der Waals surface area contributed by atoms with Crippen LogP contribution in [0.3, 0.4) is 0 Å². The third-order valence-corrected chi connectivity index (χ3v) is 3.31. The van der Waals surface area contributed by atoms with Crippen LogP contribution in [0.25, 0.3) is 0 Å². The molecule has 2 rings (SSSR count). The summed E-state index contributed by atoms with van der Waals surface area (Å²) in [5, 5.41) is 13.3. The molecule has 1 aromatic carbocycles. The maximum absolute atomic E-state index is 13.1. The van der Waals surface area contributed by atoms with E-state index >= 15 is 0 Å². The summed E-state index contributed by atoms with van der Waals surface area (Å²) in [6, 6.07) is 9.14. The van der Waals surface area contributed by atoms with Crippen LogP contribution in [0.2, 0.25) is 0 Å². The Morgan fingerprint density at radius 2 is 1.90 bits per heavy atom. The number of nitrogens with zero attached hydrogens (tertiary/aromatic N) is 1. The van der Waals surface area contributed by atoms with Crippen molar-refractivity contribution in [3.63, 3.8) is 0 Å². The Morgan fingerprint density at radius 1 is 1.20 bits per heavy atom. The number of halogens is 1. The first-order valence-corrected chi connectivity index (χ1v) is 6.64. The van der Waals surface area contributed by atoms with Gasteiger partial charge in [-0.2, -0.15) is 0 Å². The van der Waals surface area contributed by atoms with Gasteiger partial charge in [0.05, 0.1) is 12.3 Å². The predicted octanol–water partition coefficient (Wildman–Crippen LogP) is 2.91. The third kappa shape index (κ3) is 3.85. The highest BCUT2D eigenvalue weighted by atomic mass is 19.1. The van der Waals surface area contributed by atoms with Gasteiger partial charge in [0.2, 0.25) is 0 Å². The van der Waals surface area contributed by atoms with Crippen molar-refractivity contribution in [2.75, 3.05) is 6.54 Å². The van der Waals surface area contributed by atoms with Gasteiger partial charge in [0, 0.05) is 18.8 Å². The molecule has 4 heteroatoms. The average Bonchev–Trinajstić information content (AvgIpc) is 2.45. The molecule has 0 amide bonds. The minimum atomic E-state index is -0.584. The molecule has 0 spiro atoms. The van der Waals surface area contributed by atoms with Gasteiger partial charge in [-0.25, -0.2) is 4.39 Å². The van der Waals surface area contributed by atoms with Crippen LogP contribution < -0.4 is 5.32 Å². The number of aliphatic hydroxyl groups is 1. The zero-order valence-corrected chi connectivity index (χ0v) is 11.7. The lowest BCUT2D eigenvalue weighted by molar-refractivity contribution is 0.170. The van der Waals surface area contributed by atoms with E-state index in [4.69, 9.17) is 0 Å². The highest BCUT2D eigenvalue weighted by Crippen LogP contribution is 2.16. The summed E-state index contributed by atoms with van der Waals surface area (Å²) < 4.78 is 13.1. The van der Waals surface area contributed by atoms with Crippen LogP contribution in [-0.4, -0.2) is 16.6 Å². The van der Waals surface area contributed by atoms with Crippen molar-refractivity contribution in [1.82, 2.24) is 10.3 Å². The molecule has 0 radical (unpaired) electrons. The highest BCUT2D eigenvalue weighted by molar-refractivity contribution is 5.23. The second-order valence-corrected chi connectivity index (χ2v) is 4.99. The van der Waals surface area contributed by atoms with E-state index in [1.807, 2.05) is 38.1 Å². The van der Waals surface area contributed by atoms with Crippen LogP contribution in [0.5, 0.6) is 0 Å². The number of hydrogen-bond acceptors (Lipinski definition) is 3. The number of benzene rings is 1. The number of pyridine rings is 1. The number of rotatable bonds is 5. The molecular weight excluding hydrogens is 255 g/mol. The summed E-state index contributed by atoms with van der Waals surface area (Å²) >= 11 is 0. The van der Waals surface area contributed by atoms with E-state index in [0.29, 0.717) is 6.54 Å². The summed E-state index contributed by atoms with van der Waals surface area (Å²) in [4.78, 5) is 3.82. The lowest BCUT2D eigenvalue weighted by atomic mass is 10.1. The fourth-order valence-electron chi connectivity index (χ4n) is 1.98. The van der Waals surface area contributed by atoms with Crippen LogP contribution in [0.15, 0.2) is 42.7 Å². The highest BCUT2D eigenvalue weighted by Gasteiger charge is 2.11.